The number of nitrogens with zero attached hydrogens (tertiary/aromatic N) is 2. The summed E-state index contributed by atoms with van der Waals surface area (Å²) in [7, 11) is 0. The lowest BCUT2D eigenvalue weighted by Crippen LogP contribution is -2.08. The molecule has 0 bridgehead atoms. The van der Waals surface area contributed by atoms with Gasteiger partial charge in [-0.05, 0) is 5.92 Å². The number of oxazole rings is 1. The van der Waals surface area contributed by atoms with Crippen molar-refractivity contribution in [1.29, 1.82) is 0 Å². The maximum Gasteiger partial charge on any atom is 0.223 e. The molecule has 3 rings (SSSR count). The molecule has 1 aliphatic carbocycles. The van der Waals surface area contributed by atoms with Crippen LogP contribution in [0.4, 0.5) is 5.13 Å². The predicted molar refractivity (Wildman–Crippen MR) is 92.8 cm³/mol. The second-order valence-electron chi connectivity index (χ2n) is 5.88. The van der Waals surface area contributed by atoms with E-state index in [1.807, 2.05) is 6.20 Å². The van der Waals surface area contributed by atoms with Gasteiger partial charge in [0.25, 0.3) is 0 Å². The van der Waals surface area contributed by atoms with Gasteiger partial charge in [0, 0.05) is 13.3 Å². The standard InChI is InChI=1S/C16H21N3O2S2/c1-11(20)19-16-18-9-15(23-16)22-10-14-17-8-13(21-14)7-12-5-3-2-4-6-12/h8-9,12H,2-7,10H2,1H3,(H,18,19,20). The van der Waals surface area contributed by atoms with Crippen molar-refractivity contribution in [3.8, 4) is 0 Å². The molecule has 124 valence electrons. The molecule has 1 saturated carbocycles. The van der Waals surface area contributed by atoms with Crippen LogP contribution in [0.3, 0.4) is 0 Å². The third kappa shape index (κ3) is 5.07. The normalized spacial score (nSPS) is 15.7. The molecule has 1 fully saturated rings. The van der Waals surface area contributed by atoms with Crippen molar-refractivity contribution in [3.05, 3.63) is 24.0 Å². The van der Waals surface area contributed by atoms with Crippen LogP contribution in [0, 0.1) is 5.92 Å². The highest BCUT2D eigenvalue weighted by molar-refractivity contribution is 8.00. The van der Waals surface area contributed by atoms with Gasteiger partial charge in [-0.2, -0.15) is 0 Å². The van der Waals surface area contributed by atoms with Gasteiger partial charge in [-0.25, -0.2) is 9.97 Å². The number of rotatable bonds is 6. The number of anilines is 1. The number of aromatic nitrogens is 2. The van der Waals surface area contributed by atoms with Crippen molar-refractivity contribution in [2.45, 2.75) is 55.4 Å². The number of thioether (sulfide) groups is 1. The number of carbonyl (C=O) groups is 1. The topological polar surface area (TPSA) is 68.0 Å². The predicted octanol–water partition coefficient (Wildman–Crippen LogP) is 4.50. The molecule has 1 aliphatic rings. The zero-order chi connectivity index (χ0) is 16.1. The molecule has 0 aromatic carbocycles. The Kier molecular flexibility index (Phi) is 5.72. The molecule has 0 unspecified atom stereocenters. The fourth-order valence-corrected chi connectivity index (χ4v) is 4.62. The molecule has 0 aliphatic heterocycles. The number of amides is 1. The molecule has 2 aromatic heterocycles. The first kappa shape index (κ1) is 16.5. The van der Waals surface area contributed by atoms with Gasteiger partial charge in [-0.15, -0.1) is 11.8 Å². The van der Waals surface area contributed by atoms with Gasteiger partial charge in [0.1, 0.15) is 5.76 Å². The third-order valence-corrected chi connectivity index (χ3v) is 6.01. The summed E-state index contributed by atoms with van der Waals surface area (Å²) in [6.45, 7) is 1.48. The van der Waals surface area contributed by atoms with Crippen molar-refractivity contribution < 1.29 is 9.21 Å². The maximum atomic E-state index is 11.0. The summed E-state index contributed by atoms with van der Waals surface area (Å²) in [5, 5.41) is 3.32. The van der Waals surface area contributed by atoms with Crippen LogP contribution in [0.25, 0.3) is 0 Å². The highest BCUT2D eigenvalue weighted by Gasteiger charge is 2.16. The summed E-state index contributed by atoms with van der Waals surface area (Å²) in [6.07, 6.45) is 11.4. The quantitative estimate of drug-likeness (QED) is 0.776. The molecule has 0 radical (unpaired) electrons. The molecule has 1 N–H and O–H groups in total. The number of hydrogen-bond donors (Lipinski definition) is 1. The van der Waals surface area contributed by atoms with E-state index in [2.05, 4.69) is 15.3 Å². The van der Waals surface area contributed by atoms with Gasteiger partial charge in [0.2, 0.25) is 11.8 Å². The Hall–Kier alpha value is -1.34. The van der Waals surface area contributed by atoms with Crippen LogP contribution in [0.5, 0.6) is 0 Å². The Bertz CT molecular complexity index is 647. The molecule has 2 heterocycles. The van der Waals surface area contributed by atoms with E-state index in [0.29, 0.717) is 10.9 Å². The smallest absolute Gasteiger partial charge is 0.223 e. The fraction of sp³-hybridized carbons (Fsp3) is 0.562. The first-order chi connectivity index (χ1) is 11.2. The van der Waals surface area contributed by atoms with Gasteiger partial charge in [0.15, 0.2) is 5.13 Å². The summed E-state index contributed by atoms with van der Waals surface area (Å²) in [5.74, 6) is 3.12. The first-order valence-corrected chi connectivity index (χ1v) is 9.79. The summed E-state index contributed by atoms with van der Waals surface area (Å²) >= 11 is 3.10. The lowest BCUT2D eigenvalue weighted by molar-refractivity contribution is -0.114. The van der Waals surface area contributed by atoms with Crippen LogP contribution in [-0.2, 0) is 17.0 Å². The third-order valence-electron chi connectivity index (χ3n) is 3.92. The summed E-state index contributed by atoms with van der Waals surface area (Å²) in [6, 6.07) is 0. The van der Waals surface area contributed by atoms with Crippen LogP contribution in [0.15, 0.2) is 21.0 Å². The van der Waals surface area contributed by atoms with Crippen molar-refractivity contribution in [2.24, 2.45) is 5.92 Å². The Balaban J connectivity index is 1.48. The second kappa shape index (κ2) is 7.97. The average Bonchev–Trinajstić information content (AvgIpc) is 3.15. The molecule has 0 saturated heterocycles. The molecular weight excluding hydrogens is 330 g/mol. The molecule has 7 heteroatoms. The number of thiazole rings is 1. The number of hydrogen-bond acceptors (Lipinski definition) is 6. The van der Waals surface area contributed by atoms with Crippen molar-refractivity contribution in [1.82, 2.24) is 9.97 Å². The minimum atomic E-state index is -0.101. The van der Waals surface area contributed by atoms with E-state index < -0.39 is 0 Å². The van der Waals surface area contributed by atoms with Gasteiger partial charge in [-0.1, -0.05) is 43.4 Å². The van der Waals surface area contributed by atoms with E-state index in [4.69, 9.17) is 4.42 Å². The van der Waals surface area contributed by atoms with Crippen LogP contribution >= 0.6 is 23.1 Å². The Morgan fingerprint density at radius 1 is 1.35 bits per heavy atom. The van der Waals surface area contributed by atoms with Crippen LogP contribution in [-0.4, -0.2) is 15.9 Å². The SMILES string of the molecule is CC(=O)Nc1ncc(SCc2ncc(CC3CCCCC3)o2)s1. The van der Waals surface area contributed by atoms with E-state index in [-0.39, 0.29) is 5.91 Å². The molecular formula is C16H21N3O2S2. The molecule has 0 atom stereocenters. The van der Waals surface area contributed by atoms with Crippen molar-refractivity contribution >= 4 is 34.1 Å². The highest BCUT2D eigenvalue weighted by Crippen LogP contribution is 2.31. The monoisotopic (exact) mass is 351 g/mol. The molecule has 2 aromatic rings. The molecule has 23 heavy (non-hydrogen) atoms. The van der Waals surface area contributed by atoms with Crippen LogP contribution in [0.2, 0.25) is 0 Å². The zero-order valence-electron chi connectivity index (χ0n) is 13.2. The Morgan fingerprint density at radius 3 is 2.96 bits per heavy atom. The molecule has 5 nitrogen and oxygen atoms in total. The van der Waals surface area contributed by atoms with Gasteiger partial charge >= 0.3 is 0 Å². The highest BCUT2D eigenvalue weighted by atomic mass is 32.2. The van der Waals surface area contributed by atoms with E-state index in [1.54, 1.807) is 18.0 Å². The van der Waals surface area contributed by atoms with Crippen LogP contribution < -0.4 is 5.32 Å². The lowest BCUT2D eigenvalue weighted by Gasteiger charge is -2.19. The summed E-state index contributed by atoms with van der Waals surface area (Å²) in [5.41, 5.74) is 0. The fourth-order valence-electron chi connectivity index (χ4n) is 2.85. The zero-order valence-corrected chi connectivity index (χ0v) is 14.8. The summed E-state index contributed by atoms with van der Waals surface area (Å²) in [4.78, 5) is 19.5. The van der Waals surface area contributed by atoms with E-state index in [9.17, 15) is 4.79 Å². The van der Waals surface area contributed by atoms with E-state index in [0.717, 1.165) is 28.2 Å². The van der Waals surface area contributed by atoms with Gasteiger partial charge < -0.3 is 9.73 Å². The average molecular weight is 351 g/mol. The maximum absolute atomic E-state index is 11.0. The largest absolute Gasteiger partial charge is 0.445 e. The van der Waals surface area contributed by atoms with Crippen molar-refractivity contribution in [2.75, 3.05) is 5.32 Å². The van der Waals surface area contributed by atoms with Gasteiger partial charge in [-0.3, -0.25) is 4.79 Å². The second-order valence-corrected chi connectivity index (χ2v) is 8.19. The summed E-state index contributed by atoms with van der Waals surface area (Å²) < 4.78 is 6.90. The van der Waals surface area contributed by atoms with E-state index in [1.165, 1.54) is 50.4 Å². The molecule has 0 spiro atoms. The van der Waals surface area contributed by atoms with Crippen LogP contribution in [0.1, 0.15) is 50.7 Å². The Labute approximate surface area is 144 Å². The minimum Gasteiger partial charge on any atom is -0.445 e. The van der Waals surface area contributed by atoms with E-state index >= 15 is 0 Å². The van der Waals surface area contributed by atoms with Gasteiger partial charge in [0.05, 0.1) is 22.4 Å². The number of nitrogens with one attached hydrogen (secondary N) is 1. The first-order valence-electron chi connectivity index (χ1n) is 7.99. The Morgan fingerprint density at radius 2 is 2.17 bits per heavy atom. The molecule has 1 amide bonds. The minimum absolute atomic E-state index is 0.101. The van der Waals surface area contributed by atoms with Crippen molar-refractivity contribution in [3.63, 3.8) is 0 Å². The lowest BCUT2D eigenvalue weighted by atomic mass is 9.86. The number of carbonyl (C=O) groups excluding carboxylic acids is 1.